The molecule has 100 valence electrons. The van der Waals surface area contributed by atoms with Gasteiger partial charge in [-0.2, -0.15) is 5.26 Å². The Bertz CT molecular complexity index is 704. The van der Waals surface area contributed by atoms with Crippen molar-refractivity contribution >= 4 is 33.1 Å². The second-order valence-corrected chi connectivity index (χ2v) is 5.35. The zero-order valence-electron chi connectivity index (χ0n) is 11.2. The number of nitriles is 1. The Morgan fingerprint density at radius 1 is 1.25 bits per heavy atom. The average molecular weight is 329 g/mol. The van der Waals surface area contributed by atoms with Crippen LogP contribution in [0, 0.1) is 11.3 Å². The predicted octanol–water partition coefficient (Wildman–Crippen LogP) is 4.29. The van der Waals surface area contributed by atoms with Crippen molar-refractivity contribution in [2.45, 2.75) is 6.92 Å². The highest BCUT2D eigenvalue weighted by Crippen LogP contribution is 2.30. The second kappa shape index (κ2) is 5.89. The molecule has 0 aliphatic carbocycles. The SMILES string of the molecule is CC(=O)c1ccc(Br)cc1N(C)c1cccc(C#N)c1. The third-order valence-electron chi connectivity index (χ3n) is 3.06. The highest BCUT2D eigenvalue weighted by atomic mass is 79.9. The predicted molar refractivity (Wildman–Crippen MR) is 83.4 cm³/mol. The van der Waals surface area contributed by atoms with Crippen LogP contribution in [0.4, 0.5) is 11.4 Å². The van der Waals surface area contributed by atoms with Gasteiger partial charge >= 0.3 is 0 Å². The summed E-state index contributed by atoms with van der Waals surface area (Å²) in [5.41, 5.74) is 2.92. The van der Waals surface area contributed by atoms with E-state index in [1.165, 1.54) is 0 Å². The molecule has 0 unspecified atom stereocenters. The average Bonchev–Trinajstić information content (AvgIpc) is 2.46. The Morgan fingerprint density at radius 3 is 2.65 bits per heavy atom. The van der Waals surface area contributed by atoms with Crippen molar-refractivity contribution in [1.82, 2.24) is 0 Å². The second-order valence-electron chi connectivity index (χ2n) is 4.44. The molecule has 0 atom stereocenters. The Hall–Kier alpha value is -2.12. The van der Waals surface area contributed by atoms with Crippen LogP contribution in [0.2, 0.25) is 0 Å². The first kappa shape index (κ1) is 14.3. The summed E-state index contributed by atoms with van der Waals surface area (Å²) < 4.78 is 0.904. The van der Waals surface area contributed by atoms with Gasteiger partial charge in [0.1, 0.15) is 0 Å². The van der Waals surface area contributed by atoms with Crippen LogP contribution in [0.5, 0.6) is 0 Å². The first-order chi connectivity index (χ1) is 9.52. The monoisotopic (exact) mass is 328 g/mol. The molecule has 2 aromatic carbocycles. The lowest BCUT2D eigenvalue weighted by atomic mass is 10.1. The fraction of sp³-hybridized carbons (Fsp3) is 0.125. The molecular formula is C16H13BrN2O. The summed E-state index contributed by atoms with van der Waals surface area (Å²) in [6.45, 7) is 1.55. The summed E-state index contributed by atoms with van der Waals surface area (Å²) in [4.78, 5) is 13.6. The molecule has 4 heteroatoms. The van der Waals surface area contributed by atoms with Gasteiger partial charge in [-0.15, -0.1) is 0 Å². The van der Waals surface area contributed by atoms with Crippen molar-refractivity contribution in [2.24, 2.45) is 0 Å². The standard InChI is InChI=1S/C16H13BrN2O/c1-11(20)15-7-6-13(17)9-16(15)19(2)14-5-3-4-12(8-14)10-18/h3-9H,1-2H3. The lowest BCUT2D eigenvalue weighted by Crippen LogP contribution is -2.13. The van der Waals surface area contributed by atoms with Crippen molar-refractivity contribution in [3.8, 4) is 6.07 Å². The Labute approximate surface area is 126 Å². The number of nitrogens with zero attached hydrogens (tertiary/aromatic N) is 2. The topological polar surface area (TPSA) is 44.1 Å². The van der Waals surface area contributed by atoms with Crippen LogP contribution >= 0.6 is 15.9 Å². The zero-order valence-corrected chi connectivity index (χ0v) is 12.8. The Kier molecular flexibility index (Phi) is 4.21. The van der Waals surface area contributed by atoms with Crippen LogP contribution in [0.1, 0.15) is 22.8 Å². The maximum Gasteiger partial charge on any atom is 0.161 e. The molecule has 0 bridgehead atoms. The summed E-state index contributed by atoms with van der Waals surface area (Å²) in [5, 5.41) is 8.97. The molecule has 3 nitrogen and oxygen atoms in total. The van der Waals surface area contributed by atoms with Gasteiger partial charge in [0.2, 0.25) is 0 Å². The van der Waals surface area contributed by atoms with E-state index in [0.717, 1.165) is 15.8 Å². The van der Waals surface area contributed by atoms with E-state index in [-0.39, 0.29) is 5.78 Å². The first-order valence-corrected chi connectivity index (χ1v) is 6.86. The lowest BCUT2D eigenvalue weighted by molar-refractivity contribution is 0.101. The van der Waals surface area contributed by atoms with Gasteiger partial charge in [0.15, 0.2) is 5.78 Å². The quantitative estimate of drug-likeness (QED) is 0.789. The first-order valence-electron chi connectivity index (χ1n) is 6.07. The van der Waals surface area contributed by atoms with Crippen LogP contribution in [0.3, 0.4) is 0 Å². The molecule has 0 N–H and O–H groups in total. The van der Waals surface area contributed by atoms with Gasteiger partial charge in [0, 0.05) is 22.8 Å². The van der Waals surface area contributed by atoms with Gasteiger partial charge in [-0.05, 0) is 43.3 Å². The van der Waals surface area contributed by atoms with Gasteiger partial charge in [-0.3, -0.25) is 4.79 Å². The van der Waals surface area contributed by atoms with Gasteiger partial charge in [-0.25, -0.2) is 0 Å². The van der Waals surface area contributed by atoms with Gasteiger partial charge in [0.05, 0.1) is 17.3 Å². The Balaban J connectivity index is 2.52. The molecule has 0 fully saturated rings. The van der Waals surface area contributed by atoms with Crippen molar-refractivity contribution < 1.29 is 4.79 Å². The van der Waals surface area contributed by atoms with Crippen molar-refractivity contribution in [3.63, 3.8) is 0 Å². The molecule has 0 aliphatic rings. The fourth-order valence-corrected chi connectivity index (χ4v) is 2.35. The molecule has 0 heterocycles. The molecular weight excluding hydrogens is 316 g/mol. The largest absolute Gasteiger partial charge is 0.344 e. The normalized spacial score (nSPS) is 9.90. The molecule has 2 aromatic rings. The zero-order chi connectivity index (χ0) is 14.7. The third-order valence-corrected chi connectivity index (χ3v) is 3.56. The van der Waals surface area contributed by atoms with Crippen LogP contribution in [-0.2, 0) is 0 Å². The lowest BCUT2D eigenvalue weighted by Gasteiger charge is -2.22. The summed E-state index contributed by atoms with van der Waals surface area (Å²) in [6, 6.07) is 15.0. The number of anilines is 2. The molecule has 20 heavy (non-hydrogen) atoms. The number of halogens is 1. The van der Waals surface area contributed by atoms with E-state index in [0.29, 0.717) is 11.1 Å². The smallest absolute Gasteiger partial charge is 0.161 e. The summed E-state index contributed by atoms with van der Waals surface area (Å²) in [7, 11) is 1.88. The van der Waals surface area contributed by atoms with Crippen molar-refractivity contribution in [2.75, 3.05) is 11.9 Å². The van der Waals surface area contributed by atoms with E-state index in [2.05, 4.69) is 22.0 Å². The van der Waals surface area contributed by atoms with E-state index < -0.39 is 0 Å². The molecule has 0 amide bonds. The molecule has 0 spiro atoms. The number of ketones is 1. The number of hydrogen-bond donors (Lipinski definition) is 0. The third kappa shape index (κ3) is 2.89. The molecule has 0 saturated heterocycles. The van der Waals surface area contributed by atoms with E-state index >= 15 is 0 Å². The van der Waals surface area contributed by atoms with Crippen LogP contribution in [-0.4, -0.2) is 12.8 Å². The van der Waals surface area contributed by atoms with Gasteiger partial charge < -0.3 is 4.90 Å². The van der Waals surface area contributed by atoms with Crippen LogP contribution in [0.15, 0.2) is 46.9 Å². The minimum absolute atomic E-state index is 0.00999. The maximum absolute atomic E-state index is 11.7. The number of rotatable bonds is 3. The summed E-state index contributed by atoms with van der Waals surface area (Å²) >= 11 is 3.42. The number of Topliss-reactive ketones (excluding diaryl/α,β-unsaturated/α-hetero) is 1. The summed E-state index contributed by atoms with van der Waals surface area (Å²) in [5.74, 6) is 0.00999. The highest BCUT2D eigenvalue weighted by molar-refractivity contribution is 9.10. The number of hydrogen-bond acceptors (Lipinski definition) is 3. The molecule has 0 saturated carbocycles. The highest BCUT2D eigenvalue weighted by Gasteiger charge is 2.13. The van der Waals surface area contributed by atoms with Crippen molar-refractivity contribution in [1.29, 1.82) is 5.26 Å². The van der Waals surface area contributed by atoms with E-state index in [9.17, 15) is 4.79 Å². The van der Waals surface area contributed by atoms with Gasteiger partial charge in [0.25, 0.3) is 0 Å². The summed E-state index contributed by atoms with van der Waals surface area (Å²) in [6.07, 6.45) is 0. The minimum Gasteiger partial charge on any atom is -0.344 e. The number of benzene rings is 2. The number of carbonyl (C=O) groups excluding carboxylic acids is 1. The molecule has 0 aliphatic heterocycles. The maximum atomic E-state index is 11.7. The van der Waals surface area contributed by atoms with Gasteiger partial charge in [-0.1, -0.05) is 22.0 Å². The van der Waals surface area contributed by atoms with E-state index in [4.69, 9.17) is 5.26 Å². The minimum atomic E-state index is 0.00999. The van der Waals surface area contributed by atoms with E-state index in [1.807, 2.05) is 36.2 Å². The Morgan fingerprint density at radius 2 is 2.00 bits per heavy atom. The molecule has 2 rings (SSSR count). The van der Waals surface area contributed by atoms with Crippen LogP contribution in [0.25, 0.3) is 0 Å². The van der Waals surface area contributed by atoms with Crippen LogP contribution < -0.4 is 4.90 Å². The number of carbonyl (C=O) groups is 1. The molecule has 0 radical (unpaired) electrons. The fourth-order valence-electron chi connectivity index (χ4n) is 2.00. The molecule has 0 aromatic heterocycles. The van der Waals surface area contributed by atoms with E-state index in [1.54, 1.807) is 25.1 Å². The van der Waals surface area contributed by atoms with Crippen molar-refractivity contribution in [3.05, 3.63) is 58.1 Å².